The maximum atomic E-state index is 11.5. The molecule has 2 unspecified atom stereocenters. The van der Waals surface area contributed by atoms with Crippen LogP contribution in [-0.2, 0) is 9.59 Å². The summed E-state index contributed by atoms with van der Waals surface area (Å²) in [6.45, 7) is 1.55. The van der Waals surface area contributed by atoms with Crippen LogP contribution >= 0.6 is 0 Å². The highest BCUT2D eigenvalue weighted by atomic mass is 16.5. The molecule has 0 heterocycles. The molecule has 0 radical (unpaired) electrons. The summed E-state index contributed by atoms with van der Waals surface area (Å²) in [5.74, 6) is -0.826. The number of nitrogens with one attached hydrogen (secondary N) is 1. The van der Waals surface area contributed by atoms with Crippen LogP contribution in [0.2, 0.25) is 0 Å². The third-order valence-corrected chi connectivity index (χ3v) is 4.05. The first-order valence-electron chi connectivity index (χ1n) is 5.52. The fourth-order valence-electron chi connectivity index (χ4n) is 2.83. The van der Waals surface area contributed by atoms with Crippen molar-refractivity contribution in [1.82, 2.24) is 5.48 Å². The van der Waals surface area contributed by atoms with Gasteiger partial charge in [0.25, 0.3) is 0 Å². The molecule has 1 amide bonds. The molecule has 2 aliphatic carbocycles. The van der Waals surface area contributed by atoms with Crippen molar-refractivity contribution in [1.29, 1.82) is 0 Å². The number of rotatable bonds is 2. The molecule has 4 nitrogen and oxygen atoms in total. The second kappa shape index (κ2) is 3.59. The van der Waals surface area contributed by atoms with Gasteiger partial charge in [0, 0.05) is 13.3 Å². The zero-order valence-corrected chi connectivity index (χ0v) is 8.95. The number of Topliss-reactive ketones (excluding diaryl/α,β-unsaturated/α-hetero) is 1. The predicted molar refractivity (Wildman–Crippen MR) is 55.2 cm³/mol. The van der Waals surface area contributed by atoms with Crippen molar-refractivity contribution in [3.05, 3.63) is 0 Å². The molecular formula is C11H19NO3. The molecule has 4 heteroatoms. The molecular weight excluding hydrogens is 194 g/mol. The summed E-state index contributed by atoms with van der Waals surface area (Å²) in [5.41, 5.74) is 2.04. The van der Waals surface area contributed by atoms with Gasteiger partial charge in [-0.1, -0.05) is 0 Å². The minimum Gasteiger partial charge on any atom is -0.300 e. The van der Waals surface area contributed by atoms with Crippen molar-refractivity contribution < 1.29 is 16.2 Å². The first-order valence-corrected chi connectivity index (χ1v) is 5.52. The van der Waals surface area contributed by atoms with E-state index in [1.807, 2.05) is 0 Å². The van der Waals surface area contributed by atoms with Gasteiger partial charge in [-0.25, -0.2) is 5.48 Å². The highest BCUT2D eigenvalue weighted by Crippen LogP contribution is 2.58. The molecule has 0 aliphatic heterocycles. The number of hydrogen-bond donors (Lipinski definition) is 2. The van der Waals surface area contributed by atoms with Crippen LogP contribution in [0.4, 0.5) is 0 Å². The summed E-state index contributed by atoms with van der Waals surface area (Å²) in [7, 11) is 0. The quantitative estimate of drug-likeness (QED) is 0.541. The van der Waals surface area contributed by atoms with Crippen LogP contribution in [-0.4, -0.2) is 16.9 Å². The van der Waals surface area contributed by atoms with E-state index in [9.17, 15) is 9.59 Å². The maximum absolute atomic E-state index is 11.5. The van der Waals surface area contributed by atoms with Crippen LogP contribution in [0.15, 0.2) is 0 Å². The van der Waals surface area contributed by atoms with Gasteiger partial charge in [0.15, 0.2) is 0 Å². The smallest absolute Gasteiger partial charge is 0.247 e. The lowest BCUT2D eigenvalue weighted by molar-refractivity contribution is -0.141. The van der Waals surface area contributed by atoms with Gasteiger partial charge in [0.05, 0.1) is 0 Å². The van der Waals surface area contributed by atoms with Crippen molar-refractivity contribution in [2.75, 3.05) is 0 Å². The first-order chi connectivity index (χ1) is 7.08. The normalized spacial score (nSPS) is 32.4. The summed E-state index contributed by atoms with van der Waals surface area (Å²) >= 11 is 0. The lowest BCUT2D eigenvalue weighted by Crippen LogP contribution is -2.40. The lowest BCUT2D eigenvalue weighted by Gasteiger charge is -2.33. The van der Waals surface area contributed by atoms with E-state index in [-0.39, 0.29) is 19.0 Å². The fraction of sp³-hybridized carbons (Fsp3) is 0.818. The van der Waals surface area contributed by atoms with Crippen LogP contribution in [0.1, 0.15) is 40.5 Å². The molecule has 0 aromatic rings. The molecule has 86 valence electrons. The number of ketones is 1. The largest absolute Gasteiger partial charge is 0.300 e. The van der Waals surface area contributed by atoms with E-state index in [4.69, 9.17) is 5.21 Å². The number of hydrogen-bond acceptors (Lipinski definition) is 3. The number of carbonyl (C=O) groups is 2. The number of amides is 1. The third kappa shape index (κ3) is 1.91. The second-order valence-corrected chi connectivity index (χ2v) is 5.04. The first kappa shape index (κ1) is 10.6. The summed E-state index contributed by atoms with van der Waals surface area (Å²) < 4.78 is 0. The van der Waals surface area contributed by atoms with Crippen molar-refractivity contribution in [3.8, 4) is 0 Å². The van der Waals surface area contributed by atoms with Gasteiger partial charge in [0.1, 0.15) is 5.78 Å². The Morgan fingerprint density at radius 2 is 2.00 bits per heavy atom. The van der Waals surface area contributed by atoms with E-state index < -0.39 is 5.91 Å². The molecule has 0 aromatic carbocycles. The fourth-order valence-corrected chi connectivity index (χ4v) is 2.83. The number of hydroxylamine groups is 1. The van der Waals surface area contributed by atoms with Gasteiger partial charge in [-0.3, -0.25) is 14.8 Å². The molecule has 2 N–H and O–H groups in total. The molecule has 0 bridgehead atoms. The number of carbonyl (C=O) groups excluding carboxylic acids is 2. The molecule has 2 rings (SSSR count). The predicted octanol–water partition coefficient (Wildman–Crippen LogP) is 1.52. The molecule has 15 heavy (non-hydrogen) atoms. The molecule has 2 saturated carbocycles. The molecule has 2 fully saturated rings. The summed E-state index contributed by atoms with van der Waals surface area (Å²) in [4.78, 5) is 22.9. The van der Waals surface area contributed by atoms with Crippen molar-refractivity contribution in [2.24, 2.45) is 17.3 Å². The van der Waals surface area contributed by atoms with Crippen LogP contribution in [0, 0.1) is 17.3 Å². The van der Waals surface area contributed by atoms with Gasteiger partial charge in [0.2, 0.25) is 5.91 Å². The molecule has 0 aromatic heterocycles. The highest BCUT2D eigenvalue weighted by Gasteiger charge is 2.51. The Balaban J connectivity index is 0.00000128. The average Bonchev–Trinajstić information content (AvgIpc) is 2.96. The van der Waals surface area contributed by atoms with Crippen molar-refractivity contribution >= 4 is 11.7 Å². The van der Waals surface area contributed by atoms with Crippen molar-refractivity contribution in [3.63, 3.8) is 0 Å². The lowest BCUT2D eigenvalue weighted by atomic mass is 9.70. The van der Waals surface area contributed by atoms with E-state index >= 15 is 0 Å². The van der Waals surface area contributed by atoms with Crippen molar-refractivity contribution in [2.45, 2.75) is 39.0 Å². The monoisotopic (exact) mass is 214 g/mol. The van der Waals surface area contributed by atoms with Gasteiger partial charge in [-0.05, 0) is 44.4 Å². The summed E-state index contributed by atoms with van der Waals surface area (Å²) in [5, 5.41) is 8.62. The maximum Gasteiger partial charge on any atom is 0.247 e. The van der Waals surface area contributed by atoms with E-state index in [1.54, 1.807) is 12.4 Å². The Hall–Kier alpha value is -0.900. The van der Waals surface area contributed by atoms with Gasteiger partial charge in [-0.2, -0.15) is 0 Å². The molecule has 0 saturated heterocycles. The third-order valence-electron chi connectivity index (χ3n) is 4.05. The van der Waals surface area contributed by atoms with Gasteiger partial charge in [-0.15, -0.1) is 0 Å². The Labute approximate surface area is 90.5 Å². The van der Waals surface area contributed by atoms with E-state index in [0.717, 1.165) is 19.3 Å². The second-order valence-electron chi connectivity index (χ2n) is 5.04. The van der Waals surface area contributed by atoms with Crippen LogP contribution in [0.3, 0.4) is 0 Å². The van der Waals surface area contributed by atoms with E-state index in [0.29, 0.717) is 5.41 Å². The highest BCUT2D eigenvalue weighted by molar-refractivity contribution is 5.87. The minimum atomic E-state index is -0.397. The zero-order chi connectivity index (χ0) is 11.1. The Bertz CT molecular complexity index is 302. The van der Waals surface area contributed by atoms with E-state index in [2.05, 4.69) is 0 Å². The Kier molecular flexibility index (Phi) is 2.54. The zero-order valence-electron chi connectivity index (χ0n) is 8.95. The molecule has 2 atom stereocenters. The SMILES string of the molecule is CC(=O)C1CC2(CCC1C(=O)NO)CC2.[2HH]. The molecule has 1 spiro atoms. The van der Waals surface area contributed by atoms with Crippen LogP contribution in [0.5, 0.6) is 0 Å². The standard InChI is InChI=1S/C11H17NO3.H2/c1-7(13)9-6-11(4-5-11)3-2-8(9)10(14)12-15;/h8-9,15H,2-6H2,1H3,(H,12,14);1H/i;1+1. The molecule has 2 aliphatic rings. The minimum absolute atomic E-state index is 0. The topological polar surface area (TPSA) is 66.4 Å². The Morgan fingerprint density at radius 3 is 2.47 bits per heavy atom. The van der Waals surface area contributed by atoms with Gasteiger partial charge >= 0.3 is 0 Å². The van der Waals surface area contributed by atoms with Gasteiger partial charge < -0.3 is 0 Å². The summed E-state index contributed by atoms with van der Waals surface area (Å²) in [6.07, 6.45) is 4.99. The van der Waals surface area contributed by atoms with Crippen LogP contribution < -0.4 is 5.48 Å². The Morgan fingerprint density at radius 1 is 1.33 bits per heavy atom. The summed E-state index contributed by atoms with van der Waals surface area (Å²) in [6, 6.07) is 0. The van der Waals surface area contributed by atoms with Crippen LogP contribution in [0.25, 0.3) is 0 Å². The van der Waals surface area contributed by atoms with E-state index in [1.165, 1.54) is 12.8 Å². The average molecular weight is 214 g/mol.